The number of aromatic nitrogens is 2. The van der Waals surface area contributed by atoms with E-state index < -0.39 is 0 Å². The molecule has 3 nitrogen and oxygen atoms in total. The van der Waals surface area contributed by atoms with Gasteiger partial charge in [-0.25, -0.2) is 0 Å². The molecule has 0 aliphatic rings. The largest absolute Gasteiger partial charge is 0.385 e. The Balaban J connectivity index is 2.06. The highest BCUT2D eigenvalue weighted by atomic mass is 15.0. The van der Waals surface area contributed by atoms with Crippen LogP contribution >= 0.6 is 0 Å². The monoisotopic (exact) mass is 279 g/mol. The summed E-state index contributed by atoms with van der Waals surface area (Å²) in [5.74, 6) is 0.626. The van der Waals surface area contributed by atoms with Crippen LogP contribution in [-0.4, -0.2) is 16.1 Å². The van der Waals surface area contributed by atoms with Crippen LogP contribution < -0.4 is 5.32 Å². The topological polar surface area (TPSA) is 29.9 Å². The lowest BCUT2D eigenvalue weighted by Gasteiger charge is -2.12. The van der Waals surface area contributed by atoms with Gasteiger partial charge in [-0.05, 0) is 49.2 Å². The highest BCUT2D eigenvalue weighted by Crippen LogP contribution is 2.25. The van der Waals surface area contributed by atoms with Crippen molar-refractivity contribution in [2.24, 2.45) is 5.92 Å². The number of aryl methyl sites for hydroxylation is 1. The molecular weight excluding hydrogens is 258 g/mol. The number of anilines is 1. The first-order valence-corrected chi connectivity index (χ1v) is 7.42. The molecule has 0 atom stereocenters. The molecule has 2 aromatic heterocycles. The Bertz CT molecular complexity index is 742. The quantitative estimate of drug-likeness (QED) is 0.767. The van der Waals surface area contributed by atoms with Crippen molar-refractivity contribution in [3.63, 3.8) is 0 Å². The molecule has 0 saturated carbocycles. The number of fused-ring (bicyclic) bond motifs is 1. The van der Waals surface area contributed by atoms with E-state index >= 15 is 0 Å². The third kappa shape index (κ3) is 2.92. The Labute approximate surface area is 125 Å². The molecule has 108 valence electrons. The normalized spacial score (nSPS) is 11.2. The van der Waals surface area contributed by atoms with Crippen molar-refractivity contribution in [1.82, 2.24) is 9.55 Å². The van der Waals surface area contributed by atoms with Gasteiger partial charge in [-0.15, -0.1) is 0 Å². The van der Waals surface area contributed by atoms with Crippen molar-refractivity contribution in [1.29, 1.82) is 0 Å². The van der Waals surface area contributed by atoms with Crippen LogP contribution in [0.4, 0.5) is 5.69 Å². The molecule has 1 aromatic carbocycles. The lowest BCUT2D eigenvalue weighted by molar-refractivity contribution is 0.689. The summed E-state index contributed by atoms with van der Waals surface area (Å²) in [6, 6.07) is 12.6. The number of benzene rings is 1. The molecule has 1 N–H and O–H groups in total. The number of hydrogen-bond acceptors (Lipinski definition) is 2. The molecule has 0 radical (unpaired) electrons. The van der Waals surface area contributed by atoms with E-state index in [9.17, 15) is 0 Å². The maximum absolute atomic E-state index is 4.68. The van der Waals surface area contributed by atoms with Crippen LogP contribution in [0.1, 0.15) is 19.5 Å². The summed E-state index contributed by atoms with van der Waals surface area (Å²) in [4.78, 5) is 4.68. The van der Waals surface area contributed by atoms with E-state index in [1.165, 1.54) is 11.1 Å². The molecule has 0 bridgehead atoms. The third-order valence-corrected chi connectivity index (χ3v) is 3.51. The van der Waals surface area contributed by atoms with Crippen molar-refractivity contribution >= 4 is 16.6 Å². The second kappa shape index (κ2) is 5.60. The summed E-state index contributed by atoms with van der Waals surface area (Å²) in [5.41, 5.74) is 4.38. The zero-order chi connectivity index (χ0) is 14.8. The Hall–Kier alpha value is -2.29. The van der Waals surface area contributed by atoms with Crippen LogP contribution in [0.25, 0.3) is 16.6 Å². The van der Waals surface area contributed by atoms with E-state index in [1.54, 1.807) is 0 Å². The zero-order valence-corrected chi connectivity index (χ0v) is 12.8. The van der Waals surface area contributed by atoms with Gasteiger partial charge in [0.15, 0.2) is 0 Å². The van der Waals surface area contributed by atoms with Crippen molar-refractivity contribution in [2.75, 3.05) is 11.9 Å². The molecule has 21 heavy (non-hydrogen) atoms. The van der Waals surface area contributed by atoms with Crippen molar-refractivity contribution in [3.8, 4) is 5.69 Å². The van der Waals surface area contributed by atoms with Gasteiger partial charge in [-0.1, -0.05) is 13.8 Å². The maximum atomic E-state index is 4.68. The van der Waals surface area contributed by atoms with Crippen LogP contribution in [0.3, 0.4) is 0 Å². The van der Waals surface area contributed by atoms with Crippen LogP contribution in [0, 0.1) is 12.8 Å². The first-order chi connectivity index (χ1) is 10.1. The van der Waals surface area contributed by atoms with Gasteiger partial charge < -0.3 is 9.88 Å². The molecule has 0 fully saturated rings. The Morgan fingerprint density at radius 1 is 1.14 bits per heavy atom. The molecule has 0 saturated heterocycles. The number of pyridine rings is 1. The highest BCUT2D eigenvalue weighted by molar-refractivity contribution is 5.89. The fraction of sp³-hybridized carbons (Fsp3) is 0.278. The Morgan fingerprint density at radius 3 is 2.62 bits per heavy atom. The summed E-state index contributed by atoms with van der Waals surface area (Å²) >= 11 is 0. The molecule has 0 aliphatic carbocycles. The predicted molar refractivity (Wildman–Crippen MR) is 89.1 cm³/mol. The standard InChI is InChI=1S/C18H21N3/c1-13(2)12-19-15-6-7-16-17(11-15)20-14(3)10-18(16)21-8-4-5-9-21/h4-11,13,19H,12H2,1-3H3. The van der Waals surface area contributed by atoms with E-state index in [2.05, 4.69) is 65.4 Å². The predicted octanol–water partition coefficient (Wildman–Crippen LogP) is 4.40. The number of nitrogens with one attached hydrogen (secondary N) is 1. The molecule has 0 amide bonds. The first kappa shape index (κ1) is 13.7. The minimum absolute atomic E-state index is 0.626. The van der Waals surface area contributed by atoms with Crippen molar-refractivity contribution < 1.29 is 0 Å². The van der Waals surface area contributed by atoms with E-state index in [0.29, 0.717) is 5.92 Å². The molecule has 2 heterocycles. The smallest absolute Gasteiger partial charge is 0.0746 e. The third-order valence-electron chi connectivity index (χ3n) is 3.51. The Morgan fingerprint density at radius 2 is 1.90 bits per heavy atom. The SMILES string of the molecule is Cc1cc(-n2cccc2)c2ccc(NCC(C)C)cc2n1. The van der Waals surface area contributed by atoms with E-state index in [-0.39, 0.29) is 0 Å². The van der Waals surface area contributed by atoms with Crippen LogP contribution in [0.2, 0.25) is 0 Å². The number of rotatable bonds is 4. The maximum Gasteiger partial charge on any atom is 0.0746 e. The van der Waals surface area contributed by atoms with Gasteiger partial charge >= 0.3 is 0 Å². The summed E-state index contributed by atoms with van der Waals surface area (Å²) in [7, 11) is 0. The van der Waals surface area contributed by atoms with E-state index in [0.717, 1.165) is 23.4 Å². The van der Waals surface area contributed by atoms with Crippen LogP contribution in [-0.2, 0) is 0 Å². The molecule has 0 aliphatic heterocycles. The second-order valence-electron chi connectivity index (χ2n) is 5.88. The average molecular weight is 279 g/mol. The highest BCUT2D eigenvalue weighted by Gasteiger charge is 2.06. The van der Waals surface area contributed by atoms with Crippen molar-refractivity contribution in [3.05, 3.63) is 54.5 Å². The van der Waals surface area contributed by atoms with Gasteiger partial charge in [-0.3, -0.25) is 4.98 Å². The summed E-state index contributed by atoms with van der Waals surface area (Å²) in [6.07, 6.45) is 4.14. The fourth-order valence-electron chi connectivity index (χ4n) is 2.48. The summed E-state index contributed by atoms with van der Waals surface area (Å²) < 4.78 is 2.14. The molecule has 0 spiro atoms. The van der Waals surface area contributed by atoms with Gasteiger partial charge in [-0.2, -0.15) is 0 Å². The molecule has 3 heteroatoms. The van der Waals surface area contributed by atoms with Gasteiger partial charge in [0.25, 0.3) is 0 Å². The second-order valence-corrected chi connectivity index (χ2v) is 5.88. The summed E-state index contributed by atoms with van der Waals surface area (Å²) in [6.45, 7) is 7.43. The first-order valence-electron chi connectivity index (χ1n) is 7.42. The average Bonchev–Trinajstić information content (AvgIpc) is 2.97. The summed E-state index contributed by atoms with van der Waals surface area (Å²) in [5, 5.41) is 4.64. The Kier molecular flexibility index (Phi) is 3.65. The fourth-order valence-corrected chi connectivity index (χ4v) is 2.48. The van der Waals surface area contributed by atoms with E-state index in [4.69, 9.17) is 0 Å². The molecular formula is C18H21N3. The minimum Gasteiger partial charge on any atom is -0.385 e. The van der Waals surface area contributed by atoms with Gasteiger partial charge in [0.05, 0.1) is 11.2 Å². The lowest BCUT2D eigenvalue weighted by Crippen LogP contribution is -2.07. The van der Waals surface area contributed by atoms with Gasteiger partial charge in [0.1, 0.15) is 0 Å². The van der Waals surface area contributed by atoms with E-state index in [1.807, 2.05) is 19.1 Å². The van der Waals surface area contributed by atoms with Gasteiger partial charge in [0, 0.05) is 35.7 Å². The minimum atomic E-state index is 0.626. The lowest BCUT2D eigenvalue weighted by atomic mass is 10.1. The molecule has 3 rings (SSSR count). The molecule has 3 aromatic rings. The van der Waals surface area contributed by atoms with Gasteiger partial charge in [0.2, 0.25) is 0 Å². The van der Waals surface area contributed by atoms with Crippen LogP contribution in [0.15, 0.2) is 48.8 Å². The number of hydrogen-bond donors (Lipinski definition) is 1. The number of nitrogens with zero attached hydrogens (tertiary/aromatic N) is 2. The molecule has 0 unspecified atom stereocenters. The zero-order valence-electron chi connectivity index (χ0n) is 12.8. The van der Waals surface area contributed by atoms with Crippen LogP contribution in [0.5, 0.6) is 0 Å². The van der Waals surface area contributed by atoms with Crippen molar-refractivity contribution in [2.45, 2.75) is 20.8 Å².